The standard InChI is InChI=1S/C18H21NO/c1-13-6-5-7-14(2)17(13)12-19-11-16-10-15-8-3-4-9-18(15)20-16/h3-9,16,19H,10-12H2,1-2H3. The second kappa shape index (κ2) is 5.68. The van der Waals surface area contributed by atoms with Crippen molar-refractivity contribution < 1.29 is 4.74 Å². The summed E-state index contributed by atoms with van der Waals surface area (Å²) in [6.07, 6.45) is 1.27. The Morgan fingerprint density at radius 2 is 1.80 bits per heavy atom. The molecule has 1 unspecified atom stereocenters. The number of aryl methyl sites for hydroxylation is 2. The molecule has 1 heterocycles. The van der Waals surface area contributed by atoms with Crippen molar-refractivity contribution in [2.75, 3.05) is 6.54 Å². The zero-order valence-electron chi connectivity index (χ0n) is 12.1. The van der Waals surface area contributed by atoms with Crippen LogP contribution >= 0.6 is 0 Å². The topological polar surface area (TPSA) is 21.3 Å². The minimum Gasteiger partial charge on any atom is -0.488 e. The van der Waals surface area contributed by atoms with E-state index in [0.29, 0.717) is 0 Å². The maximum absolute atomic E-state index is 5.94. The SMILES string of the molecule is Cc1cccc(C)c1CNCC1Cc2ccccc2O1. The summed E-state index contributed by atoms with van der Waals surface area (Å²) in [5, 5.41) is 3.54. The maximum atomic E-state index is 5.94. The summed E-state index contributed by atoms with van der Waals surface area (Å²) in [4.78, 5) is 0. The van der Waals surface area contributed by atoms with Crippen molar-refractivity contribution in [3.8, 4) is 5.75 Å². The predicted molar refractivity (Wildman–Crippen MR) is 82.2 cm³/mol. The molecule has 2 nitrogen and oxygen atoms in total. The van der Waals surface area contributed by atoms with Crippen LogP contribution in [0, 0.1) is 13.8 Å². The zero-order chi connectivity index (χ0) is 13.9. The minimum absolute atomic E-state index is 0.261. The third-order valence-electron chi connectivity index (χ3n) is 4.03. The van der Waals surface area contributed by atoms with Crippen LogP contribution in [0.2, 0.25) is 0 Å². The van der Waals surface area contributed by atoms with Gasteiger partial charge in [-0.1, -0.05) is 36.4 Å². The van der Waals surface area contributed by atoms with Crippen LogP contribution in [0.25, 0.3) is 0 Å². The number of ether oxygens (including phenoxy) is 1. The first kappa shape index (κ1) is 13.2. The molecule has 1 aliphatic heterocycles. The highest BCUT2D eigenvalue weighted by Crippen LogP contribution is 2.27. The molecule has 0 saturated carbocycles. The van der Waals surface area contributed by atoms with E-state index in [-0.39, 0.29) is 6.10 Å². The number of rotatable bonds is 4. The Morgan fingerprint density at radius 3 is 2.55 bits per heavy atom. The Kier molecular flexibility index (Phi) is 3.75. The molecule has 0 spiro atoms. The first-order chi connectivity index (χ1) is 9.74. The van der Waals surface area contributed by atoms with Gasteiger partial charge < -0.3 is 10.1 Å². The molecule has 0 bridgehead atoms. The summed E-state index contributed by atoms with van der Waals surface area (Å²) < 4.78 is 5.94. The average Bonchev–Trinajstić information content (AvgIpc) is 2.84. The van der Waals surface area contributed by atoms with Gasteiger partial charge in [0.25, 0.3) is 0 Å². The van der Waals surface area contributed by atoms with Gasteiger partial charge in [-0.2, -0.15) is 0 Å². The zero-order valence-corrected chi connectivity index (χ0v) is 12.1. The lowest BCUT2D eigenvalue weighted by Gasteiger charge is -2.14. The predicted octanol–water partition coefficient (Wildman–Crippen LogP) is 3.40. The van der Waals surface area contributed by atoms with Crippen molar-refractivity contribution >= 4 is 0 Å². The Labute approximate surface area is 120 Å². The Bertz CT molecular complexity index is 561. The third kappa shape index (κ3) is 2.70. The van der Waals surface area contributed by atoms with Gasteiger partial charge in [0.2, 0.25) is 0 Å². The lowest BCUT2D eigenvalue weighted by Crippen LogP contribution is -2.30. The first-order valence-corrected chi connectivity index (χ1v) is 7.24. The van der Waals surface area contributed by atoms with Crippen molar-refractivity contribution in [1.82, 2.24) is 5.32 Å². The summed E-state index contributed by atoms with van der Waals surface area (Å²) in [6, 6.07) is 14.8. The van der Waals surface area contributed by atoms with Gasteiger partial charge in [-0.15, -0.1) is 0 Å². The summed E-state index contributed by atoms with van der Waals surface area (Å²) in [5.41, 5.74) is 5.44. The van der Waals surface area contributed by atoms with Gasteiger partial charge >= 0.3 is 0 Å². The number of para-hydroxylation sites is 1. The lowest BCUT2D eigenvalue weighted by atomic mass is 10.0. The van der Waals surface area contributed by atoms with Crippen molar-refractivity contribution in [1.29, 1.82) is 0 Å². The van der Waals surface area contributed by atoms with Gasteiger partial charge in [-0.25, -0.2) is 0 Å². The van der Waals surface area contributed by atoms with E-state index in [1.807, 2.05) is 6.07 Å². The fourth-order valence-electron chi connectivity index (χ4n) is 2.85. The molecule has 20 heavy (non-hydrogen) atoms. The lowest BCUT2D eigenvalue weighted by molar-refractivity contribution is 0.227. The summed E-state index contributed by atoms with van der Waals surface area (Å²) in [5.74, 6) is 1.05. The second-order valence-electron chi connectivity index (χ2n) is 5.55. The molecule has 0 fully saturated rings. The van der Waals surface area contributed by atoms with Gasteiger partial charge in [-0.3, -0.25) is 0 Å². The van der Waals surface area contributed by atoms with Crippen LogP contribution in [0.15, 0.2) is 42.5 Å². The van der Waals surface area contributed by atoms with Gasteiger partial charge in [0.05, 0.1) is 0 Å². The van der Waals surface area contributed by atoms with Crippen LogP contribution < -0.4 is 10.1 Å². The molecule has 1 aliphatic rings. The molecule has 0 amide bonds. The number of hydrogen-bond acceptors (Lipinski definition) is 2. The quantitative estimate of drug-likeness (QED) is 0.916. The van der Waals surface area contributed by atoms with Crippen LogP contribution in [0.3, 0.4) is 0 Å². The summed E-state index contributed by atoms with van der Waals surface area (Å²) in [7, 11) is 0. The third-order valence-corrected chi connectivity index (χ3v) is 4.03. The number of benzene rings is 2. The average molecular weight is 267 g/mol. The van der Waals surface area contributed by atoms with E-state index in [0.717, 1.165) is 25.3 Å². The van der Waals surface area contributed by atoms with Crippen molar-refractivity contribution in [2.45, 2.75) is 32.9 Å². The molecule has 1 atom stereocenters. The number of nitrogens with one attached hydrogen (secondary N) is 1. The molecule has 0 aliphatic carbocycles. The fraction of sp³-hybridized carbons (Fsp3) is 0.333. The van der Waals surface area contributed by atoms with Crippen molar-refractivity contribution in [3.63, 3.8) is 0 Å². The van der Waals surface area contributed by atoms with E-state index in [1.165, 1.54) is 22.3 Å². The fourth-order valence-corrected chi connectivity index (χ4v) is 2.85. The van der Waals surface area contributed by atoms with E-state index < -0.39 is 0 Å². The largest absolute Gasteiger partial charge is 0.488 e. The van der Waals surface area contributed by atoms with E-state index in [9.17, 15) is 0 Å². The van der Waals surface area contributed by atoms with Crippen LogP contribution in [0.4, 0.5) is 0 Å². The number of hydrogen-bond donors (Lipinski definition) is 1. The van der Waals surface area contributed by atoms with E-state index in [4.69, 9.17) is 4.74 Å². The van der Waals surface area contributed by atoms with Crippen LogP contribution in [-0.2, 0) is 13.0 Å². The van der Waals surface area contributed by atoms with Crippen LogP contribution in [0.5, 0.6) is 5.75 Å². The molecule has 0 radical (unpaired) electrons. The van der Waals surface area contributed by atoms with Crippen LogP contribution in [-0.4, -0.2) is 12.6 Å². The molecule has 104 valence electrons. The normalized spacial score (nSPS) is 16.8. The van der Waals surface area contributed by atoms with Gasteiger partial charge in [-0.05, 0) is 42.2 Å². The second-order valence-corrected chi connectivity index (χ2v) is 5.55. The highest BCUT2D eigenvalue weighted by Gasteiger charge is 2.21. The van der Waals surface area contributed by atoms with Gasteiger partial charge in [0.15, 0.2) is 0 Å². The Morgan fingerprint density at radius 1 is 1.05 bits per heavy atom. The maximum Gasteiger partial charge on any atom is 0.123 e. The molecule has 2 heteroatoms. The monoisotopic (exact) mass is 267 g/mol. The van der Waals surface area contributed by atoms with E-state index in [2.05, 4.69) is 55.6 Å². The smallest absolute Gasteiger partial charge is 0.123 e. The Hall–Kier alpha value is -1.80. The Balaban J connectivity index is 1.55. The molecule has 2 aromatic carbocycles. The van der Waals surface area contributed by atoms with E-state index in [1.54, 1.807) is 0 Å². The minimum atomic E-state index is 0.261. The molecule has 2 aromatic rings. The molecule has 0 saturated heterocycles. The van der Waals surface area contributed by atoms with E-state index >= 15 is 0 Å². The summed E-state index contributed by atoms with van der Waals surface area (Å²) in [6.45, 7) is 6.15. The van der Waals surface area contributed by atoms with Crippen molar-refractivity contribution in [3.05, 3.63) is 64.7 Å². The van der Waals surface area contributed by atoms with Crippen LogP contribution in [0.1, 0.15) is 22.3 Å². The molecule has 0 aromatic heterocycles. The van der Waals surface area contributed by atoms with Crippen molar-refractivity contribution in [2.24, 2.45) is 0 Å². The van der Waals surface area contributed by atoms with Gasteiger partial charge in [0, 0.05) is 19.5 Å². The van der Waals surface area contributed by atoms with Gasteiger partial charge in [0.1, 0.15) is 11.9 Å². The summed E-state index contributed by atoms with van der Waals surface area (Å²) >= 11 is 0. The molecule has 1 N–H and O–H groups in total. The molecular formula is C18H21NO. The number of fused-ring (bicyclic) bond motifs is 1. The highest BCUT2D eigenvalue weighted by atomic mass is 16.5. The highest BCUT2D eigenvalue weighted by molar-refractivity contribution is 5.37. The molecular weight excluding hydrogens is 246 g/mol. The molecule has 3 rings (SSSR count). The first-order valence-electron chi connectivity index (χ1n) is 7.24.